The number of rotatable bonds is 5. The average molecular weight is 297 g/mol. The van der Waals surface area contributed by atoms with Gasteiger partial charge in [-0.1, -0.05) is 30.3 Å². The Morgan fingerprint density at radius 2 is 2.05 bits per heavy atom. The van der Waals surface area contributed by atoms with Gasteiger partial charge < -0.3 is 15.7 Å². The molecule has 1 saturated heterocycles. The monoisotopic (exact) mass is 297 g/mol. The van der Waals surface area contributed by atoms with E-state index >= 15 is 0 Å². The molecule has 2 heterocycles. The number of hydrogen-bond acceptors (Lipinski definition) is 4. The second-order valence-electron chi connectivity index (χ2n) is 5.86. The van der Waals surface area contributed by atoms with Crippen molar-refractivity contribution in [1.82, 2.24) is 15.6 Å². The van der Waals surface area contributed by atoms with Crippen molar-refractivity contribution < 1.29 is 5.11 Å². The molecule has 116 valence electrons. The van der Waals surface area contributed by atoms with Crippen LogP contribution in [0.5, 0.6) is 0 Å². The van der Waals surface area contributed by atoms with Gasteiger partial charge in [-0.05, 0) is 36.6 Å². The molecule has 1 aromatic carbocycles. The standard InChI is InChI=1S/C18H23N3O/c22-18-13-19-10-8-16(18)12-20-11-14-4-6-15(7-5-14)17-3-1-2-9-21-17/h1-7,9,16,18-20,22H,8,10-13H2/t16-,18+/m0/s1. The van der Waals surface area contributed by atoms with Crippen molar-refractivity contribution in [2.24, 2.45) is 5.92 Å². The zero-order valence-corrected chi connectivity index (χ0v) is 12.7. The minimum Gasteiger partial charge on any atom is -0.391 e. The first-order chi connectivity index (χ1) is 10.8. The fourth-order valence-electron chi connectivity index (χ4n) is 2.86. The first-order valence-corrected chi connectivity index (χ1v) is 7.93. The number of nitrogens with one attached hydrogen (secondary N) is 2. The van der Waals surface area contributed by atoms with Crippen LogP contribution in [-0.2, 0) is 6.54 Å². The Hall–Kier alpha value is -1.75. The van der Waals surface area contributed by atoms with E-state index in [4.69, 9.17) is 0 Å². The maximum absolute atomic E-state index is 9.92. The summed E-state index contributed by atoms with van der Waals surface area (Å²) in [5, 5.41) is 16.6. The topological polar surface area (TPSA) is 57.2 Å². The number of aromatic nitrogens is 1. The molecule has 4 heteroatoms. The molecule has 22 heavy (non-hydrogen) atoms. The smallest absolute Gasteiger partial charge is 0.0705 e. The summed E-state index contributed by atoms with van der Waals surface area (Å²) < 4.78 is 0. The summed E-state index contributed by atoms with van der Waals surface area (Å²) in [6.45, 7) is 3.41. The number of aliphatic hydroxyl groups is 1. The van der Waals surface area contributed by atoms with Gasteiger partial charge >= 0.3 is 0 Å². The first-order valence-electron chi connectivity index (χ1n) is 7.93. The van der Waals surface area contributed by atoms with Gasteiger partial charge in [0.2, 0.25) is 0 Å². The van der Waals surface area contributed by atoms with E-state index in [2.05, 4.69) is 39.9 Å². The zero-order valence-electron chi connectivity index (χ0n) is 12.7. The Balaban J connectivity index is 1.51. The Bertz CT molecular complexity index is 571. The number of pyridine rings is 1. The van der Waals surface area contributed by atoms with Crippen LogP contribution in [0.1, 0.15) is 12.0 Å². The lowest BCUT2D eigenvalue weighted by Crippen LogP contribution is -2.44. The second-order valence-corrected chi connectivity index (χ2v) is 5.86. The highest BCUT2D eigenvalue weighted by molar-refractivity contribution is 5.58. The van der Waals surface area contributed by atoms with Crippen molar-refractivity contribution in [1.29, 1.82) is 0 Å². The van der Waals surface area contributed by atoms with Gasteiger partial charge in [0.05, 0.1) is 11.8 Å². The van der Waals surface area contributed by atoms with E-state index in [9.17, 15) is 5.11 Å². The minimum absolute atomic E-state index is 0.229. The lowest BCUT2D eigenvalue weighted by molar-refractivity contribution is 0.0813. The lowest BCUT2D eigenvalue weighted by Gasteiger charge is -2.28. The quantitative estimate of drug-likeness (QED) is 0.788. The van der Waals surface area contributed by atoms with E-state index in [-0.39, 0.29) is 6.10 Å². The van der Waals surface area contributed by atoms with E-state index in [1.807, 2.05) is 24.4 Å². The van der Waals surface area contributed by atoms with Crippen molar-refractivity contribution in [3.63, 3.8) is 0 Å². The molecule has 0 saturated carbocycles. The van der Waals surface area contributed by atoms with Crippen LogP contribution in [0.25, 0.3) is 11.3 Å². The molecule has 1 aromatic heterocycles. The van der Waals surface area contributed by atoms with Gasteiger partial charge in [0.25, 0.3) is 0 Å². The highest BCUT2D eigenvalue weighted by atomic mass is 16.3. The van der Waals surface area contributed by atoms with Crippen molar-refractivity contribution in [2.45, 2.75) is 19.1 Å². The van der Waals surface area contributed by atoms with Crippen LogP contribution in [0.15, 0.2) is 48.7 Å². The summed E-state index contributed by atoms with van der Waals surface area (Å²) >= 11 is 0. The van der Waals surface area contributed by atoms with Gasteiger partial charge in [-0.15, -0.1) is 0 Å². The number of aliphatic hydroxyl groups excluding tert-OH is 1. The maximum atomic E-state index is 9.92. The van der Waals surface area contributed by atoms with Gasteiger partial charge in [-0.3, -0.25) is 4.98 Å². The first kappa shape index (κ1) is 15.2. The minimum atomic E-state index is -0.229. The highest BCUT2D eigenvalue weighted by Crippen LogP contribution is 2.17. The largest absolute Gasteiger partial charge is 0.391 e. The van der Waals surface area contributed by atoms with Gasteiger partial charge in [-0.2, -0.15) is 0 Å². The van der Waals surface area contributed by atoms with Crippen molar-refractivity contribution in [3.8, 4) is 11.3 Å². The van der Waals surface area contributed by atoms with Crippen LogP contribution >= 0.6 is 0 Å². The fraction of sp³-hybridized carbons (Fsp3) is 0.389. The summed E-state index contributed by atoms with van der Waals surface area (Å²) in [5.74, 6) is 0.356. The van der Waals surface area contributed by atoms with E-state index in [1.54, 1.807) is 0 Å². The summed E-state index contributed by atoms with van der Waals surface area (Å²) in [6, 6.07) is 14.4. The summed E-state index contributed by atoms with van der Waals surface area (Å²) in [6.07, 6.45) is 2.62. The van der Waals surface area contributed by atoms with Crippen LogP contribution in [0.2, 0.25) is 0 Å². The molecule has 0 bridgehead atoms. The third-order valence-corrected chi connectivity index (χ3v) is 4.24. The molecule has 3 rings (SSSR count). The van der Waals surface area contributed by atoms with Gasteiger partial charge in [0.1, 0.15) is 0 Å². The molecular weight excluding hydrogens is 274 g/mol. The predicted molar refractivity (Wildman–Crippen MR) is 88.4 cm³/mol. The number of benzene rings is 1. The molecule has 0 amide bonds. The Kier molecular flexibility index (Phi) is 5.16. The Morgan fingerprint density at radius 3 is 2.77 bits per heavy atom. The molecular formula is C18H23N3O. The molecule has 0 aliphatic carbocycles. The van der Waals surface area contributed by atoms with Gasteiger partial charge in [-0.25, -0.2) is 0 Å². The van der Waals surface area contributed by atoms with Crippen LogP contribution in [0.3, 0.4) is 0 Å². The third-order valence-electron chi connectivity index (χ3n) is 4.24. The molecule has 0 radical (unpaired) electrons. The number of nitrogens with zero attached hydrogens (tertiary/aromatic N) is 1. The second kappa shape index (κ2) is 7.49. The van der Waals surface area contributed by atoms with E-state index in [0.29, 0.717) is 12.5 Å². The van der Waals surface area contributed by atoms with Crippen molar-refractivity contribution in [2.75, 3.05) is 19.6 Å². The van der Waals surface area contributed by atoms with Crippen LogP contribution < -0.4 is 10.6 Å². The molecule has 1 fully saturated rings. The van der Waals surface area contributed by atoms with E-state index in [1.165, 1.54) is 5.56 Å². The molecule has 0 unspecified atom stereocenters. The molecule has 3 N–H and O–H groups in total. The number of piperidine rings is 1. The molecule has 1 aliphatic rings. The van der Waals surface area contributed by atoms with Crippen molar-refractivity contribution >= 4 is 0 Å². The van der Waals surface area contributed by atoms with Gasteiger partial charge in [0.15, 0.2) is 0 Å². The average Bonchev–Trinajstić information content (AvgIpc) is 2.58. The third kappa shape index (κ3) is 3.91. The number of hydrogen-bond donors (Lipinski definition) is 3. The van der Waals surface area contributed by atoms with E-state index in [0.717, 1.165) is 37.3 Å². The molecule has 4 nitrogen and oxygen atoms in total. The van der Waals surface area contributed by atoms with Crippen LogP contribution in [-0.4, -0.2) is 35.8 Å². The fourth-order valence-corrected chi connectivity index (χ4v) is 2.86. The molecule has 2 atom stereocenters. The summed E-state index contributed by atoms with van der Waals surface area (Å²) in [7, 11) is 0. The van der Waals surface area contributed by atoms with Crippen LogP contribution in [0.4, 0.5) is 0 Å². The Morgan fingerprint density at radius 1 is 1.18 bits per heavy atom. The van der Waals surface area contributed by atoms with Gasteiger partial charge in [0, 0.05) is 31.4 Å². The molecule has 2 aromatic rings. The Labute approximate surface area is 131 Å². The molecule has 1 aliphatic heterocycles. The molecule has 0 spiro atoms. The summed E-state index contributed by atoms with van der Waals surface area (Å²) in [5.41, 5.74) is 3.39. The normalized spacial score (nSPS) is 21.7. The van der Waals surface area contributed by atoms with Crippen LogP contribution in [0, 0.1) is 5.92 Å². The summed E-state index contributed by atoms with van der Waals surface area (Å²) in [4.78, 5) is 4.36. The number of β-amino-alcohol motifs (C(OH)–C–C–N with tert-alkyl or cyclic N) is 1. The zero-order chi connectivity index (χ0) is 15.2. The lowest BCUT2D eigenvalue weighted by atomic mass is 9.95. The van der Waals surface area contributed by atoms with E-state index < -0.39 is 0 Å². The highest BCUT2D eigenvalue weighted by Gasteiger charge is 2.21. The SMILES string of the molecule is O[C@@H]1CNCC[C@H]1CNCc1ccc(-c2ccccn2)cc1. The maximum Gasteiger partial charge on any atom is 0.0705 e. The van der Waals surface area contributed by atoms with Crippen molar-refractivity contribution in [3.05, 3.63) is 54.2 Å². The predicted octanol–water partition coefficient (Wildman–Crippen LogP) is 1.81.